The molecule has 0 saturated heterocycles. The number of benzene rings is 2. The first-order valence-corrected chi connectivity index (χ1v) is 8.00. The molecule has 0 aliphatic carbocycles. The standard InChI is InChI=1S/C20H15F3N2O2/c21-20(22,23)27-19-9-7-15(11-16(19)24)18(26)10-13-6-8-17(25-12-13)14-4-2-1-3-5-14/h1-9,11-12H,10,24H2. The summed E-state index contributed by atoms with van der Waals surface area (Å²) in [5.41, 5.74) is 7.94. The lowest BCUT2D eigenvalue weighted by Gasteiger charge is -2.12. The predicted molar refractivity (Wildman–Crippen MR) is 95.2 cm³/mol. The van der Waals surface area contributed by atoms with Gasteiger partial charge in [-0.1, -0.05) is 36.4 Å². The number of rotatable bonds is 5. The Morgan fingerprint density at radius 2 is 1.78 bits per heavy atom. The van der Waals surface area contributed by atoms with Crippen molar-refractivity contribution >= 4 is 11.5 Å². The number of aromatic nitrogens is 1. The van der Waals surface area contributed by atoms with Gasteiger partial charge < -0.3 is 10.5 Å². The normalized spacial score (nSPS) is 11.2. The van der Waals surface area contributed by atoms with Gasteiger partial charge in [-0.05, 0) is 29.8 Å². The third-order valence-electron chi connectivity index (χ3n) is 3.82. The first-order chi connectivity index (χ1) is 12.8. The second-order valence-electron chi connectivity index (χ2n) is 5.82. The van der Waals surface area contributed by atoms with Gasteiger partial charge in [0.15, 0.2) is 11.5 Å². The number of Topliss-reactive ketones (excluding diaryl/α,β-unsaturated/α-hetero) is 1. The maximum absolute atomic E-state index is 12.4. The highest BCUT2D eigenvalue weighted by Gasteiger charge is 2.32. The molecule has 1 aromatic heterocycles. The van der Waals surface area contributed by atoms with Gasteiger partial charge in [0, 0.05) is 23.7 Å². The Labute approximate surface area is 153 Å². The lowest BCUT2D eigenvalue weighted by molar-refractivity contribution is -0.274. The van der Waals surface area contributed by atoms with Gasteiger partial charge in [0.1, 0.15) is 0 Å². The molecule has 0 bridgehead atoms. The maximum Gasteiger partial charge on any atom is 0.573 e. The van der Waals surface area contributed by atoms with E-state index in [1.807, 2.05) is 36.4 Å². The van der Waals surface area contributed by atoms with Crippen molar-refractivity contribution in [1.29, 1.82) is 0 Å². The molecule has 0 fully saturated rings. The average molecular weight is 372 g/mol. The zero-order chi connectivity index (χ0) is 19.4. The van der Waals surface area contributed by atoms with Crippen LogP contribution in [0.1, 0.15) is 15.9 Å². The molecule has 138 valence electrons. The number of carbonyl (C=O) groups excluding carboxylic acids is 1. The van der Waals surface area contributed by atoms with E-state index in [1.165, 1.54) is 12.1 Å². The van der Waals surface area contributed by atoms with Gasteiger partial charge in [-0.3, -0.25) is 9.78 Å². The van der Waals surface area contributed by atoms with Crippen LogP contribution in [0.25, 0.3) is 11.3 Å². The van der Waals surface area contributed by atoms with Crippen molar-refractivity contribution < 1.29 is 22.7 Å². The van der Waals surface area contributed by atoms with Crippen molar-refractivity contribution in [2.24, 2.45) is 0 Å². The minimum Gasteiger partial charge on any atom is -0.404 e. The number of halogens is 3. The van der Waals surface area contributed by atoms with Gasteiger partial charge in [-0.2, -0.15) is 0 Å². The van der Waals surface area contributed by atoms with Gasteiger partial charge in [0.2, 0.25) is 0 Å². The number of ketones is 1. The van der Waals surface area contributed by atoms with E-state index in [4.69, 9.17) is 5.73 Å². The number of carbonyl (C=O) groups is 1. The quantitative estimate of drug-likeness (QED) is 0.523. The van der Waals surface area contributed by atoms with E-state index in [1.54, 1.807) is 12.3 Å². The number of nitrogens with two attached hydrogens (primary N) is 1. The number of hydrogen-bond acceptors (Lipinski definition) is 4. The minimum atomic E-state index is -4.84. The summed E-state index contributed by atoms with van der Waals surface area (Å²) in [5, 5.41) is 0. The molecule has 0 spiro atoms. The summed E-state index contributed by atoms with van der Waals surface area (Å²) in [5.74, 6) is -0.817. The number of alkyl halides is 3. The van der Waals surface area contributed by atoms with Crippen LogP contribution in [0.3, 0.4) is 0 Å². The van der Waals surface area contributed by atoms with E-state index in [0.29, 0.717) is 5.56 Å². The Bertz CT molecular complexity index is 940. The van der Waals surface area contributed by atoms with Gasteiger partial charge in [0.25, 0.3) is 0 Å². The summed E-state index contributed by atoms with van der Waals surface area (Å²) in [4.78, 5) is 16.7. The Kier molecular flexibility index (Phi) is 5.12. The van der Waals surface area contributed by atoms with Gasteiger partial charge in [-0.15, -0.1) is 13.2 Å². The summed E-state index contributed by atoms with van der Waals surface area (Å²) in [7, 11) is 0. The molecule has 0 saturated carbocycles. The Morgan fingerprint density at radius 3 is 2.37 bits per heavy atom. The minimum absolute atomic E-state index is 0.0565. The average Bonchev–Trinajstić information content (AvgIpc) is 2.63. The van der Waals surface area contributed by atoms with E-state index in [2.05, 4.69) is 9.72 Å². The van der Waals surface area contributed by atoms with E-state index >= 15 is 0 Å². The maximum atomic E-state index is 12.4. The molecule has 2 aromatic carbocycles. The smallest absolute Gasteiger partial charge is 0.404 e. The van der Waals surface area contributed by atoms with E-state index in [-0.39, 0.29) is 23.5 Å². The third kappa shape index (κ3) is 4.84. The molecule has 0 unspecified atom stereocenters. The molecule has 0 radical (unpaired) electrons. The predicted octanol–water partition coefficient (Wildman–Crippen LogP) is 4.65. The van der Waals surface area contributed by atoms with E-state index < -0.39 is 12.1 Å². The zero-order valence-electron chi connectivity index (χ0n) is 14.0. The number of nitrogen functional groups attached to an aromatic ring is 1. The van der Waals surface area contributed by atoms with Crippen LogP contribution in [0.4, 0.5) is 18.9 Å². The van der Waals surface area contributed by atoms with Crippen molar-refractivity contribution in [3.8, 4) is 17.0 Å². The molecule has 0 aliphatic rings. The summed E-state index contributed by atoms with van der Waals surface area (Å²) in [6.45, 7) is 0. The van der Waals surface area contributed by atoms with Crippen LogP contribution < -0.4 is 10.5 Å². The highest BCUT2D eigenvalue weighted by Crippen LogP contribution is 2.29. The number of hydrogen-bond donors (Lipinski definition) is 1. The Morgan fingerprint density at radius 1 is 1.04 bits per heavy atom. The fourth-order valence-electron chi connectivity index (χ4n) is 2.54. The van der Waals surface area contributed by atoms with Gasteiger partial charge in [-0.25, -0.2) is 0 Å². The van der Waals surface area contributed by atoms with Gasteiger partial charge in [0.05, 0.1) is 11.4 Å². The van der Waals surface area contributed by atoms with Crippen LogP contribution in [0.15, 0.2) is 66.9 Å². The fraction of sp³-hybridized carbons (Fsp3) is 0.100. The second-order valence-corrected chi connectivity index (χ2v) is 5.82. The topological polar surface area (TPSA) is 65.2 Å². The molecule has 3 rings (SSSR count). The van der Waals surface area contributed by atoms with Crippen molar-refractivity contribution in [3.05, 3.63) is 78.0 Å². The molecule has 4 nitrogen and oxygen atoms in total. The van der Waals surface area contributed by atoms with Crippen LogP contribution in [0, 0.1) is 0 Å². The summed E-state index contributed by atoms with van der Waals surface area (Å²) in [6, 6.07) is 16.7. The number of pyridine rings is 1. The van der Waals surface area contributed by atoms with Crippen LogP contribution in [-0.4, -0.2) is 17.1 Å². The number of nitrogens with zero attached hydrogens (tertiary/aromatic N) is 1. The molecule has 0 atom stereocenters. The Hall–Kier alpha value is -3.35. The lowest BCUT2D eigenvalue weighted by Crippen LogP contribution is -2.18. The first kappa shape index (κ1) is 18.4. The van der Waals surface area contributed by atoms with E-state index in [0.717, 1.165) is 17.3 Å². The summed E-state index contributed by atoms with van der Waals surface area (Å²) in [6.07, 6.45) is -3.18. The highest BCUT2D eigenvalue weighted by atomic mass is 19.4. The molecule has 2 N–H and O–H groups in total. The molecule has 1 heterocycles. The second kappa shape index (κ2) is 7.49. The van der Waals surface area contributed by atoms with E-state index in [9.17, 15) is 18.0 Å². The number of ether oxygens (including phenoxy) is 1. The van der Waals surface area contributed by atoms with Crippen molar-refractivity contribution in [2.75, 3.05) is 5.73 Å². The van der Waals surface area contributed by atoms with Crippen molar-refractivity contribution in [3.63, 3.8) is 0 Å². The SMILES string of the molecule is Nc1cc(C(=O)Cc2ccc(-c3ccccc3)nc2)ccc1OC(F)(F)F. The zero-order valence-corrected chi connectivity index (χ0v) is 14.0. The largest absolute Gasteiger partial charge is 0.573 e. The van der Waals surface area contributed by atoms with Crippen LogP contribution in [-0.2, 0) is 6.42 Å². The first-order valence-electron chi connectivity index (χ1n) is 8.00. The summed E-state index contributed by atoms with van der Waals surface area (Å²) < 4.78 is 40.6. The molecule has 0 amide bonds. The highest BCUT2D eigenvalue weighted by molar-refractivity contribution is 5.98. The molecular formula is C20H15F3N2O2. The van der Waals surface area contributed by atoms with Crippen LogP contribution in [0.2, 0.25) is 0 Å². The Balaban J connectivity index is 1.71. The fourth-order valence-corrected chi connectivity index (χ4v) is 2.54. The molecular weight excluding hydrogens is 357 g/mol. The molecule has 3 aromatic rings. The molecule has 7 heteroatoms. The molecule has 0 aliphatic heterocycles. The number of anilines is 1. The van der Waals surface area contributed by atoms with Crippen molar-refractivity contribution in [1.82, 2.24) is 4.98 Å². The van der Waals surface area contributed by atoms with Crippen LogP contribution in [0.5, 0.6) is 5.75 Å². The summed E-state index contributed by atoms with van der Waals surface area (Å²) >= 11 is 0. The van der Waals surface area contributed by atoms with Crippen LogP contribution >= 0.6 is 0 Å². The lowest BCUT2D eigenvalue weighted by atomic mass is 10.0. The monoisotopic (exact) mass is 372 g/mol. The third-order valence-corrected chi connectivity index (χ3v) is 3.82. The molecule has 27 heavy (non-hydrogen) atoms. The van der Waals surface area contributed by atoms with Crippen molar-refractivity contribution in [2.45, 2.75) is 12.8 Å². The van der Waals surface area contributed by atoms with Gasteiger partial charge >= 0.3 is 6.36 Å².